The third-order valence-corrected chi connectivity index (χ3v) is 0.349. The lowest BCUT2D eigenvalue weighted by atomic mass is 10.8. The molecule has 0 amide bonds. The molecule has 2 nitrogen and oxygen atoms in total. The summed E-state index contributed by atoms with van der Waals surface area (Å²) in [6, 6.07) is 0. The molecule has 4 heteroatoms. The predicted molar refractivity (Wildman–Crippen MR) is 19.0 cm³/mol. The van der Waals surface area contributed by atoms with Crippen molar-refractivity contribution in [2.45, 2.75) is 0 Å². The van der Waals surface area contributed by atoms with Crippen LogP contribution in [0, 0.1) is 0 Å². The van der Waals surface area contributed by atoms with Gasteiger partial charge in [0.2, 0.25) is 0 Å². The van der Waals surface area contributed by atoms with E-state index in [4.69, 9.17) is 0 Å². The standard InChI is InChI=1S/C3H6F2O2/c4-1-2-6-3-7-5/h1-3H2. The molecule has 0 radical (unpaired) electrons. The smallest absolute Gasteiger partial charge is 0.186 e. The first-order valence-electron chi connectivity index (χ1n) is 1.79. The Balaban J connectivity index is 2.45. The van der Waals surface area contributed by atoms with Gasteiger partial charge in [0.15, 0.2) is 6.79 Å². The molecule has 7 heavy (non-hydrogen) atoms. The van der Waals surface area contributed by atoms with Crippen molar-refractivity contribution in [1.29, 1.82) is 0 Å². The van der Waals surface area contributed by atoms with Crippen LogP contribution in [-0.4, -0.2) is 20.1 Å². The minimum Gasteiger partial charge on any atom is -0.349 e. The van der Waals surface area contributed by atoms with Crippen molar-refractivity contribution >= 4 is 0 Å². The van der Waals surface area contributed by atoms with Crippen molar-refractivity contribution in [1.82, 2.24) is 0 Å². The van der Waals surface area contributed by atoms with Crippen LogP contribution in [0.2, 0.25) is 0 Å². The summed E-state index contributed by atoms with van der Waals surface area (Å²) in [5, 5.41) is 0. The van der Waals surface area contributed by atoms with Crippen LogP contribution in [0.3, 0.4) is 0 Å². The average Bonchev–Trinajstić information content (AvgIpc) is 1.69. The predicted octanol–water partition coefficient (Wildman–Crippen LogP) is 0.831. The van der Waals surface area contributed by atoms with Crippen molar-refractivity contribution in [3.05, 3.63) is 0 Å². The van der Waals surface area contributed by atoms with Crippen LogP contribution in [0.25, 0.3) is 0 Å². The van der Waals surface area contributed by atoms with Gasteiger partial charge in [-0.1, -0.05) is 0 Å². The second-order valence-corrected chi connectivity index (χ2v) is 0.824. The van der Waals surface area contributed by atoms with Gasteiger partial charge < -0.3 is 4.74 Å². The topological polar surface area (TPSA) is 18.5 Å². The van der Waals surface area contributed by atoms with Crippen LogP contribution in [0.15, 0.2) is 0 Å². The molecule has 0 heterocycles. The number of alkyl halides is 1. The van der Waals surface area contributed by atoms with E-state index >= 15 is 0 Å². The largest absolute Gasteiger partial charge is 0.349 e. The van der Waals surface area contributed by atoms with Crippen LogP contribution in [0.4, 0.5) is 8.92 Å². The number of hydrogen-bond acceptors (Lipinski definition) is 2. The molecular weight excluding hydrogens is 106 g/mol. The summed E-state index contributed by atoms with van der Waals surface area (Å²) in [6.45, 7) is -1.20. The second kappa shape index (κ2) is 5.78. The first kappa shape index (κ1) is 6.78. The summed E-state index contributed by atoms with van der Waals surface area (Å²) in [6.07, 6.45) is 0. The molecule has 0 aliphatic heterocycles. The molecule has 0 spiro atoms. The molecule has 0 N–H and O–H groups in total. The third-order valence-electron chi connectivity index (χ3n) is 0.349. The zero-order chi connectivity index (χ0) is 5.54. The van der Waals surface area contributed by atoms with Crippen molar-refractivity contribution in [3.8, 4) is 0 Å². The van der Waals surface area contributed by atoms with E-state index in [-0.39, 0.29) is 6.61 Å². The van der Waals surface area contributed by atoms with Gasteiger partial charge in [-0.2, -0.15) is 4.94 Å². The fourth-order valence-corrected chi connectivity index (χ4v) is 0.145. The molecule has 0 saturated carbocycles. The minimum atomic E-state index is -0.608. The highest BCUT2D eigenvalue weighted by atomic mass is 19.3. The lowest BCUT2D eigenvalue weighted by molar-refractivity contribution is -0.212. The van der Waals surface area contributed by atoms with Crippen LogP contribution in [0.5, 0.6) is 0 Å². The lowest BCUT2D eigenvalue weighted by Crippen LogP contribution is -1.97. The Hall–Kier alpha value is -0.220. The van der Waals surface area contributed by atoms with Gasteiger partial charge in [0, 0.05) is 0 Å². The number of rotatable bonds is 4. The van der Waals surface area contributed by atoms with E-state index in [2.05, 4.69) is 9.68 Å². The van der Waals surface area contributed by atoms with E-state index in [1.54, 1.807) is 0 Å². The molecule has 0 aliphatic rings. The van der Waals surface area contributed by atoms with E-state index in [0.717, 1.165) is 0 Å². The molecule has 0 aromatic carbocycles. The molecule has 44 valence electrons. The third kappa shape index (κ3) is 5.78. The summed E-state index contributed by atoms with van der Waals surface area (Å²) in [7, 11) is 0. The Kier molecular flexibility index (Phi) is 5.60. The molecule has 0 saturated heterocycles. The van der Waals surface area contributed by atoms with Crippen LogP contribution >= 0.6 is 0 Å². The maximum Gasteiger partial charge on any atom is 0.186 e. The van der Waals surface area contributed by atoms with E-state index in [9.17, 15) is 8.92 Å². The Morgan fingerprint density at radius 3 is 2.57 bits per heavy atom. The van der Waals surface area contributed by atoms with E-state index in [1.807, 2.05) is 0 Å². The molecule has 0 aliphatic carbocycles. The van der Waals surface area contributed by atoms with Gasteiger partial charge in [-0.25, -0.2) is 4.39 Å². The second-order valence-electron chi connectivity index (χ2n) is 0.824. The quantitative estimate of drug-likeness (QED) is 0.396. The maximum atomic E-state index is 11.0. The summed E-state index contributed by atoms with van der Waals surface area (Å²) < 4.78 is 25.7. The van der Waals surface area contributed by atoms with E-state index < -0.39 is 13.5 Å². The highest BCUT2D eigenvalue weighted by Crippen LogP contribution is 1.77. The fraction of sp³-hybridized carbons (Fsp3) is 1.00. The van der Waals surface area contributed by atoms with Crippen LogP contribution in [0.1, 0.15) is 0 Å². The monoisotopic (exact) mass is 112 g/mol. The van der Waals surface area contributed by atoms with Crippen molar-refractivity contribution in [3.63, 3.8) is 0 Å². The van der Waals surface area contributed by atoms with Gasteiger partial charge in [-0.05, 0) is 4.53 Å². The molecule has 0 rings (SSSR count). The number of ether oxygens (including phenoxy) is 1. The summed E-state index contributed by atoms with van der Waals surface area (Å²) in [4.78, 5) is 2.96. The zero-order valence-electron chi connectivity index (χ0n) is 3.69. The lowest BCUT2D eigenvalue weighted by Gasteiger charge is -1.91. The van der Waals surface area contributed by atoms with E-state index in [1.165, 1.54) is 0 Å². The van der Waals surface area contributed by atoms with Crippen molar-refractivity contribution in [2.24, 2.45) is 0 Å². The Bertz CT molecular complexity index is 30.1. The summed E-state index contributed by atoms with van der Waals surface area (Å²) in [5.41, 5.74) is 0. The average molecular weight is 112 g/mol. The zero-order valence-corrected chi connectivity index (χ0v) is 3.69. The molecule has 0 bridgehead atoms. The molecule has 0 aromatic rings. The van der Waals surface area contributed by atoms with E-state index in [0.29, 0.717) is 0 Å². The Morgan fingerprint density at radius 2 is 2.14 bits per heavy atom. The Labute approximate surface area is 39.9 Å². The van der Waals surface area contributed by atoms with Gasteiger partial charge in [-0.3, -0.25) is 0 Å². The van der Waals surface area contributed by atoms with Crippen LogP contribution in [-0.2, 0) is 9.68 Å². The molecule has 0 atom stereocenters. The van der Waals surface area contributed by atoms with Crippen molar-refractivity contribution < 1.29 is 18.6 Å². The van der Waals surface area contributed by atoms with Gasteiger partial charge in [0.25, 0.3) is 0 Å². The highest BCUT2D eigenvalue weighted by Gasteiger charge is 1.82. The molecule has 0 fully saturated rings. The van der Waals surface area contributed by atoms with Gasteiger partial charge in [-0.15, -0.1) is 0 Å². The van der Waals surface area contributed by atoms with Gasteiger partial charge in [0.1, 0.15) is 6.67 Å². The SMILES string of the molecule is FCCOCOF. The first-order valence-corrected chi connectivity index (χ1v) is 1.79. The summed E-state index contributed by atoms with van der Waals surface area (Å²) in [5.74, 6) is 0. The van der Waals surface area contributed by atoms with Crippen molar-refractivity contribution in [2.75, 3.05) is 20.1 Å². The molecular formula is C3H6F2O2. The normalized spacial score (nSPS) is 9.43. The first-order chi connectivity index (χ1) is 3.41. The fourth-order valence-electron chi connectivity index (χ4n) is 0.145. The van der Waals surface area contributed by atoms with Crippen LogP contribution < -0.4 is 0 Å². The number of halogens is 2. The molecule has 0 unspecified atom stereocenters. The minimum absolute atomic E-state index is 0.107. The summed E-state index contributed by atoms with van der Waals surface area (Å²) >= 11 is 0. The number of hydrogen-bond donors (Lipinski definition) is 0. The van der Waals surface area contributed by atoms with Gasteiger partial charge >= 0.3 is 0 Å². The maximum absolute atomic E-state index is 11.0. The van der Waals surface area contributed by atoms with Gasteiger partial charge in [0.05, 0.1) is 6.61 Å². The Morgan fingerprint density at radius 1 is 1.43 bits per heavy atom. The highest BCUT2D eigenvalue weighted by molar-refractivity contribution is 4.16. The molecule has 0 aromatic heterocycles.